The third kappa shape index (κ3) is 2.12. The van der Waals surface area contributed by atoms with Crippen LogP contribution in [0.15, 0.2) is 30.0 Å². The fourth-order valence-corrected chi connectivity index (χ4v) is 1.88. The molecule has 0 N–H and O–H groups in total. The molecule has 84 valence electrons. The van der Waals surface area contributed by atoms with Gasteiger partial charge in [-0.2, -0.15) is 0 Å². The molecule has 0 saturated carbocycles. The Morgan fingerprint density at radius 2 is 2.25 bits per heavy atom. The Kier molecular flexibility index (Phi) is 3.30. The Morgan fingerprint density at radius 3 is 2.94 bits per heavy atom. The molecule has 0 saturated heterocycles. The van der Waals surface area contributed by atoms with Crippen molar-refractivity contribution in [1.82, 2.24) is 0 Å². The van der Waals surface area contributed by atoms with E-state index in [4.69, 9.17) is 16.3 Å². The van der Waals surface area contributed by atoms with E-state index in [1.54, 1.807) is 18.2 Å². The molecule has 1 aliphatic rings. The summed E-state index contributed by atoms with van der Waals surface area (Å²) in [4.78, 5) is 12.1. The van der Waals surface area contributed by atoms with Gasteiger partial charge in [0.15, 0.2) is 5.76 Å². The van der Waals surface area contributed by atoms with E-state index in [0.29, 0.717) is 23.0 Å². The van der Waals surface area contributed by atoms with Crippen molar-refractivity contribution in [1.29, 1.82) is 0 Å². The van der Waals surface area contributed by atoms with Crippen LogP contribution in [0.25, 0.3) is 0 Å². The minimum Gasteiger partial charge on any atom is -0.490 e. The molecule has 2 nitrogen and oxygen atoms in total. The van der Waals surface area contributed by atoms with Crippen molar-refractivity contribution in [3.8, 4) is 0 Å². The van der Waals surface area contributed by atoms with Crippen LogP contribution in [0.2, 0.25) is 5.02 Å². The van der Waals surface area contributed by atoms with Crippen LogP contribution >= 0.6 is 11.6 Å². The predicted octanol–water partition coefficient (Wildman–Crippen LogP) is 3.53. The van der Waals surface area contributed by atoms with Crippen LogP contribution < -0.4 is 0 Å². The lowest BCUT2D eigenvalue weighted by molar-refractivity contribution is 0.0898. The lowest BCUT2D eigenvalue weighted by Gasteiger charge is -2.15. The molecule has 0 unspecified atom stereocenters. The molecule has 1 heterocycles. The molecule has 0 aliphatic carbocycles. The zero-order chi connectivity index (χ0) is 11.5. The molecule has 0 fully saturated rings. The molecule has 1 aliphatic heterocycles. The molecular weight excluding hydrogens is 224 g/mol. The van der Waals surface area contributed by atoms with Crippen LogP contribution in [0.5, 0.6) is 0 Å². The number of ketones is 1. The monoisotopic (exact) mass is 236 g/mol. The zero-order valence-corrected chi connectivity index (χ0v) is 9.88. The van der Waals surface area contributed by atoms with Crippen molar-refractivity contribution in [2.24, 2.45) is 0 Å². The minimum atomic E-state index is -0.0697. The van der Waals surface area contributed by atoms with Crippen LogP contribution in [-0.2, 0) is 4.74 Å². The molecule has 1 aromatic rings. The standard InChI is InChI=1S/C13H13ClO2/c1-9-10(5-4-6-11(9)14)13(15)12-7-2-3-8-16-12/h4-7H,2-3,8H2,1H3. The van der Waals surface area contributed by atoms with Gasteiger partial charge in [0.1, 0.15) is 0 Å². The van der Waals surface area contributed by atoms with E-state index in [1.165, 1.54) is 0 Å². The number of carbonyl (C=O) groups excluding carboxylic acids is 1. The van der Waals surface area contributed by atoms with Crippen molar-refractivity contribution in [3.63, 3.8) is 0 Å². The smallest absolute Gasteiger partial charge is 0.227 e. The number of allylic oxidation sites excluding steroid dienone is 2. The molecule has 2 rings (SSSR count). The number of Topliss-reactive ketones (excluding diaryl/α,β-unsaturated/α-hetero) is 1. The van der Waals surface area contributed by atoms with E-state index in [9.17, 15) is 4.79 Å². The van der Waals surface area contributed by atoms with E-state index in [-0.39, 0.29) is 5.78 Å². The molecule has 1 aromatic carbocycles. The van der Waals surface area contributed by atoms with Crippen LogP contribution in [0.1, 0.15) is 28.8 Å². The van der Waals surface area contributed by atoms with Gasteiger partial charge < -0.3 is 4.74 Å². The summed E-state index contributed by atoms with van der Waals surface area (Å²) in [5, 5.41) is 0.613. The number of rotatable bonds is 2. The van der Waals surface area contributed by atoms with Crippen molar-refractivity contribution >= 4 is 17.4 Å². The minimum absolute atomic E-state index is 0.0697. The molecule has 16 heavy (non-hydrogen) atoms. The van der Waals surface area contributed by atoms with E-state index < -0.39 is 0 Å². The fraction of sp³-hybridized carbons (Fsp3) is 0.308. The maximum atomic E-state index is 12.1. The third-order valence-electron chi connectivity index (χ3n) is 2.67. The van der Waals surface area contributed by atoms with E-state index in [0.717, 1.165) is 18.4 Å². The van der Waals surface area contributed by atoms with Crippen molar-refractivity contribution < 1.29 is 9.53 Å². The van der Waals surface area contributed by atoms with Gasteiger partial charge in [-0.1, -0.05) is 23.7 Å². The van der Waals surface area contributed by atoms with Crippen LogP contribution in [-0.4, -0.2) is 12.4 Å². The van der Waals surface area contributed by atoms with Gasteiger partial charge in [0.05, 0.1) is 6.61 Å². The third-order valence-corrected chi connectivity index (χ3v) is 3.08. The molecule has 0 atom stereocenters. The highest BCUT2D eigenvalue weighted by atomic mass is 35.5. The summed E-state index contributed by atoms with van der Waals surface area (Å²) in [7, 11) is 0. The fourth-order valence-electron chi connectivity index (χ4n) is 1.70. The lowest BCUT2D eigenvalue weighted by atomic mass is 10.0. The Morgan fingerprint density at radius 1 is 1.44 bits per heavy atom. The Bertz CT molecular complexity index is 449. The summed E-state index contributed by atoms with van der Waals surface area (Å²) in [6, 6.07) is 5.35. The van der Waals surface area contributed by atoms with E-state index in [1.807, 2.05) is 13.0 Å². The molecule has 0 amide bonds. The summed E-state index contributed by atoms with van der Waals surface area (Å²) in [6.45, 7) is 2.47. The second kappa shape index (κ2) is 4.71. The number of ether oxygens (including phenoxy) is 1. The quantitative estimate of drug-likeness (QED) is 0.735. The second-order valence-electron chi connectivity index (χ2n) is 3.80. The van der Waals surface area contributed by atoms with Gasteiger partial charge >= 0.3 is 0 Å². The summed E-state index contributed by atoms with van der Waals surface area (Å²) in [5.41, 5.74) is 1.44. The normalized spacial score (nSPS) is 15.2. The highest BCUT2D eigenvalue weighted by Gasteiger charge is 2.18. The van der Waals surface area contributed by atoms with Crippen LogP contribution in [0.3, 0.4) is 0 Å². The first-order valence-corrected chi connectivity index (χ1v) is 5.70. The van der Waals surface area contributed by atoms with Crippen molar-refractivity contribution in [2.45, 2.75) is 19.8 Å². The van der Waals surface area contributed by atoms with Crippen LogP contribution in [0, 0.1) is 6.92 Å². The zero-order valence-electron chi connectivity index (χ0n) is 9.13. The summed E-state index contributed by atoms with van der Waals surface area (Å²) >= 11 is 5.98. The molecule has 0 spiro atoms. The molecule has 0 bridgehead atoms. The first-order valence-electron chi connectivity index (χ1n) is 5.33. The first-order chi connectivity index (χ1) is 7.70. The van der Waals surface area contributed by atoms with Gasteiger partial charge in [-0.05, 0) is 37.5 Å². The highest BCUT2D eigenvalue weighted by molar-refractivity contribution is 6.32. The lowest BCUT2D eigenvalue weighted by Crippen LogP contribution is -2.12. The van der Waals surface area contributed by atoms with Gasteiger partial charge in [0.2, 0.25) is 5.78 Å². The second-order valence-corrected chi connectivity index (χ2v) is 4.21. The average Bonchev–Trinajstić information content (AvgIpc) is 2.33. The summed E-state index contributed by atoms with van der Waals surface area (Å²) < 4.78 is 5.36. The van der Waals surface area contributed by atoms with Crippen molar-refractivity contribution in [3.05, 3.63) is 46.2 Å². The first kappa shape index (κ1) is 11.2. The van der Waals surface area contributed by atoms with Crippen LogP contribution in [0.4, 0.5) is 0 Å². The Labute approximate surface area is 99.9 Å². The van der Waals surface area contributed by atoms with Gasteiger partial charge in [0.25, 0.3) is 0 Å². The Balaban J connectivity index is 2.33. The topological polar surface area (TPSA) is 26.3 Å². The number of carbonyl (C=O) groups is 1. The Hall–Kier alpha value is -1.28. The number of benzene rings is 1. The number of hydrogen-bond acceptors (Lipinski definition) is 2. The molecular formula is C13H13ClO2. The summed E-state index contributed by atoms with van der Waals surface area (Å²) in [5.74, 6) is 0.385. The van der Waals surface area contributed by atoms with Crippen molar-refractivity contribution in [2.75, 3.05) is 6.61 Å². The SMILES string of the molecule is Cc1c(Cl)cccc1C(=O)C1=CCCCO1. The number of halogens is 1. The largest absolute Gasteiger partial charge is 0.490 e. The van der Waals surface area contributed by atoms with E-state index >= 15 is 0 Å². The van der Waals surface area contributed by atoms with Gasteiger partial charge in [-0.3, -0.25) is 4.79 Å². The van der Waals surface area contributed by atoms with Gasteiger partial charge in [-0.25, -0.2) is 0 Å². The predicted molar refractivity (Wildman–Crippen MR) is 63.8 cm³/mol. The summed E-state index contributed by atoms with van der Waals surface area (Å²) in [6.07, 6.45) is 3.73. The maximum Gasteiger partial charge on any atom is 0.227 e. The van der Waals surface area contributed by atoms with Gasteiger partial charge in [-0.15, -0.1) is 0 Å². The molecule has 3 heteroatoms. The molecule has 0 radical (unpaired) electrons. The highest BCUT2D eigenvalue weighted by Crippen LogP contribution is 2.23. The van der Waals surface area contributed by atoms with Gasteiger partial charge in [0, 0.05) is 10.6 Å². The number of hydrogen-bond donors (Lipinski definition) is 0. The maximum absolute atomic E-state index is 12.1. The van der Waals surface area contributed by atoms with E-state index in [2.05, 4.69) is 0 Å². The molecule has 0 aromatic heterocycles. The average molecular weight is 237 g/mol.